The first kappa shape index (κ1) is 33.2. The molecule has 7 aromatic rings. The van der Waals surface area contributed by atoms with Crippen molar-refractivity contribution in [2.75, 3.05) is 0 Å². The molecule has 2 aromatic heterocycles. The second-order valence-corrected chi connectivity index (χ2v) is 16.4. The fraction of sp³-hybridized carbons (Fsp3) is 0.267. The first-order valence-electron chi connectivity index (χ1n) is 17.3. The maximum atomic E-state index is 11.6. The Hall–Kier alpha value is -5.29. The fourth-order valence-corrected chi connectivity index (χ4v) is 6.57. The fourth-order valence-electron chi connectivity index (χ4n) is 6.57. The first-order chi connectivity index (χ1) is 23.6. The Labute approximate surface area is 294 Å². The van der Waals surface area contributed by atoms with Crippen LogP contribution in [0, 0.1) is 0 Å². The smallest absolute Gasteiger partial charge is 0.229 e. The van der Waals surface area contributed by atoms with Crippen LogP contribution >= 0.6 is 0 Å². The Morgan fingerprint density at radius 1 is 0.640 bits per heavy atom. The van der Waals surface area contributed by atoms with Crippen molar-refractivity contribution in [1.82, 2.24) is 9.97 Å². The second kappa shape index (κ2) is 11.9. The van der Waals surface area contributed by atoms with E-state index in [1.54, 1.807) is 6.21 Å². The molecule has 0 aliphatic rings. The molecule has 1 N–H and O–H groups in total. The number of benzene rings is 5. The maximum absolute atomic E-state index is 11.6. The Balaban J connectivity index is 1.47. The van der Waals surface area contributed by atoms with Gasteiger partial charge in [0.15, 0.2) is 5.58 Å². The van der Waals surface area contributed by atoms with Gasteiger partial charge in [-0.25, -0.2) is 4.98 Å². The lowest BCUT2D eigenvalue weighted by molar-refractivity contribution is 0.444. The van der Waals surface area contributed by atoms with Crippen LogP contribution in [0.1, 0.15) is 84.6 Å². The van der Waals surface area contributed by atoms with Gasteiger partial charge in [-0.1, -0.05) is 123 Å². The monoisotopic (exact) mass is 659 g/mol. The van der Waals surface area contributed by atoms with E-state index in [1.807, 2.05) is 30.5 Å². The molecule has 0 amide bonds. The summed E-state index contributed by atoms with van der Waals surface area (Å²) in [5.74, 6) is 0.738. The third-order valence-corrected chi connectivity index (χ3v) is 9.56. The summed E-state index contributed by atoms with van der Waals surface area (Å²) >= 11 is 0. The molecule has 0 unspecified atom stereocenters. The van der Waals surface area contributed by atoms with Gasteiger partial charge >= 0.3 is 0 Å². The highest BCUT2D eigenvalue weighted by Gasteiger charge is 2.26. The number of hydrogen-bond donors (Lipinski definition) is 1. The zero-order chi connectivity index (χ0) is 35.6. The Bertz CT molecular complexity index is 2440. The predicted molar refractivity (Wildman–Crippen MR) is 209 cm³/mol. The summed E-state index contributed by atoms with van der Waals surface area (Å²) < 4.78 is 6.70. The molecule has 0 saturated carbocycles. The lowest BCUT2D eigenvalue weighted by atomic mass is 9.79. The molecule has 7 rings (SSSR count). The summed E-state index contributed by atoms with van der Waals surface area (Å²) in [7, 11) is 0. The SMILES string of the molecule is CC(C)(C)c1cc(C=Nc2c(-c3nc4c(-c5cccc6cccnc56)cc(C(C)(C)C)cc4o3)ccc3ccccc23)c(O)c(C(C)(C)C)c1. The van der Waals surface area contributed by atoms with Crippen LogP contribution in [0.4, 0.5) is 5.69 Å². The topological polar surface area (TPSA) is 71.5 Å². The molecule has 0 atom stereocenters. The quantitative estimate of drug-likeness (QED) is 0.191. The summed E-state index contributed by atoms with van der Waals surface area (Å²) in [6, 6.07) is 31.2. The highest BCUT2D eigenvalue weighted by Crippen LogP contribution is 2.43. The number of fused-ring (bicyclic) bond motifs is 3. The van der Waals surface area contributed by atoms with Crippen molar-refractivity contribution >= 4 is 44.7 Å². The van der Waals surface area contributed by atoms with Gasteiger partial charge in [-0.2, -0.15) is 0 Å². The standard InChI is InChI=1S/C45H45N3O2/c1-43(2,3)30-22-29(41(49)36(24-30)45(7,8)9)26-47-39-32-17-11-10-14-27(32)19-20-34(39)42-48-40-35(23-31(44(4,5)6)25-37(40)50-42)33-18-12-15-28-16-13-21-46-38(28)33/h10-26,49H,1-9H3. The summed E-state index contributed by atoms with van der Waals surface area (Å²) in [5, 5.41) is 14.7. The van der Waals surface area contributed by atoms with Gasteiger partial charge < -0.3 is 9.52 Å². The van der Waals surface area contributed by atoms with Crippen molar-refractivity contribution in [3.8, 4) is 28.3 Å². The Morgan fingerprint density at radius 3 is 2.08 bits per heavy atom. The number of rotatable bonds is 4. The molecular weight excluding hydrogens is 615 g/mol. The van der Waals surface area contributed by atoms with E-state index in [0.29, 0.717) is 17.0 Å². The van der Waals surface area contributed by atoms with E-state index in [4.69, 9.17) is 19.4 Å². The van der Waals surface area contributed by atoms with Crippen LogP contribution in [0.15, 0.2) is 107 Å². The molecule has 0 spiro atoms. The number of nitrogens with zero attached hydrogens (tertiary/aromatic N) is 3. The molecule has 0 radical (unpaired) electrons. The van der Waals surface area contributed by atoms with Gasteiger partial charge in [0, 0.05) is 45.4 Å². The van der Waals surface area contributed by atoms with Crippen molar-refractivity contribution in [2.24, 2.45) is 4.99 Å². The number of para-hydroxylation sites is 1. The molecule has 0 saturated heterocycles. The number of hydrogen-bond acceptors (Lipinski definition) is 5. The predicted octanol–water partition coefficient (Wildman–Crippen LogP) is 12.2. The lowest BCUT2D eigenvalue weighted by Crippen LogP contribution is -2.17. The molecule has 5 heteroatoms. The van der Waals surface area contributed by atoms with E-state index < -0.39 is 0 Å². The number of phenols is 1. The average molecular weight is 660 g/mol. The van der Waals surface area contributed by atoms with Crippen LogP contribution < -0.4 is 0 Å². The van der Waals surface area contributed by atoms with Crippen molar-refractivity contribution in [1.29, 1.82) is 0 Å². The summed E-state index contributed by atoms with van der Waals surface area (Å²) in [5.41, 5.74) is 9.31. The van der Waals surface area contributed by atoms with E-state index in [2.05, 4.69) is 129 Å². The Morgan fingerprint density at radius 2 is 1.34 bits per heavy atom. The van der Waals surface area contributed by atoms with Crippen molar-refractivity contribution in [2.45, 2.75) is 78.6 Å². The number of aromatic hydroxyl groups is 1. The zero-order valence-corrected chi connectivity index (χ0v) is 30.5. The summed E-state index contributed by atoms with van der Waals surface area (Å²) in [6.07, 6.45) is 3.63. The van der Waals surface area contributed by atoms with Gasteiger partial charge in [-0.3, -0.25) is 9.98 Å². The highest BCUT2D eigenvalue weighted by atomic mass is 16.3. The van der Waals surface area contributed by atoms with Crippen LogP contribution in [-0.4, -0.2) is 21.3 Å². The van der Waals surface area contributed by atoms with E-state index in [1.165, 1.54) is 0 Å². The van der Waals surface area contributed by atoms with E-state index in [0.717, 1.165) is 66.3 Å². The van der Waals surface area contributed by atoms with E-state index in [9.17, 15) is 5.11 Å². The minimum Gasteiger partial charge on any atom is -0.507 e. The van der Waals surface area contributed by atoms with Gasteiger partial charge in [-0.05, 0) is 63.1 Å². The number of phenolic OH excluding ortho intramolecular Hbond substituents is 1. The minimum atomic E-state index is -0.250. The van der Waals surface area contributed by atoms with Crippen molar-refractivity contribution < 1.29 is 9.52 Å². The van der Waals surface area contributed by atoms with Gasteiger partial charge in [0.2, 0.25) is 5.89 Å². The molecule has 2 heterocycles. The maximum Gasteiger partial charge on any atom is 0.229 e. The van der Waals surface area contributed by atoms with E-state index >= 15 is 0 Å². The van der Waals surface area contributed by atoms with Gasteiger partial charge in [-0.15, -0.1) is 0 Å². The third-order valence-electron chi connectivity index (χ3n) is 9.56. The van der Waals surface area contributed by atoms with E-state index in [-0.39, 0.29) is 22.0 Å². The van der Waals surface area contributed by atoms with Gasteiger partial charge in [0.25, 0.3) is 0 Å². The molecular formula is C45H45N3O2. The number of aromatic nitrogens is 2. The van der Waals surface area contributed by atoms with Crippen LogP contribution in [0.25, 0.3) is 55.4 Å². The second-order valence-electron chi connectivity index (χ2n) is 16.4. The molecule has 0 fully saturated rings. The molecule has 0 aliphatic carbocycles. The average Bonchev–Trinajstić information content (AvgIpc) is 3.50. The molecule has 0 bridgehead atoms. The number of pyridine rings is 1. The van der Waals surface area contributed by atoms with Crippen LogP contribution in [0.2, 0.25) is 0 Å². The normalized spacial score (nSPS) is 12.9. The van der Waals surface area contributed by atoms with Crippen LogP contribution in [-0.2, 0) is 16.2 Å². The van der Waals surface area contributed by atoms with Crippen LogP contribution in [0.3, 0.4) is 0 Å². The minimum absolute atomic E-state index is 0.109. The number of oxazole rings is 1. The summed E-state index contributed by atoms with van der Waals surface area (Å²) in [4.78, 5) is 15.1. The third kappa shape index (κ3) is 6.06. The largest absolute Gasteiger partial charge is 0.507 e. The first-order valence-corrected chi connectivity index (χ1v) is 17.3. The lowest BCUT2D eigenvalue weighted by Gasteiger charge is -2.27. The van der Waals surface area contributed by atoms with Gasteiger partial charge in [0.1, 0.15) is 11.3 Å². The van der Waals surface area contributed by atoms with Crippen molar-refractivity contribution in [3.05, 3.63) is 119 Å². The van der Waals surface area contributed by atoms with Crippen LogP contribution in [0.5, 0.6) is 5.75 Å². The molecule has 5 nitrogen and oxygen atoms in total. The number of aliphatic imine (C=N–C) groups is 1. The Kier molecular flexibility index (Phi) is 7.93. The molecule has 252 valence electrons. The summed E-state index contributed by atoms with van der Waals surface area (Å²) in [6.45, 7) is 19.6. The molecule has 5 aromatic carbocycles. The molecule has 50 heavy (non-hydrogen) atoms. The molecule has 0 aliphatic heterocycles. The highest BCUT2D eigenvalue weighted by molar-refractivity contribution is 6.04. The zero-order valence-electron chi connectivity index (χ0n) is 30.5. The van der Waals surface area contributed by atoms with Crippen molar-refractivity contribution in [3.63, 3.8) is 0 Å². The van der Waals surface area contributed by atoms with Gasteiger partial charge in [0.05, 0.1) is 16.8 Å².